The maximum absolute atomic E-state index is 14.8. The van der Waals surface area contributed by atoms with Crippen molar-refractivity contribution >= 4 is 18.3 Å². The Morgan fingerprint density at radius 1 is 1.15 bits per heavy atom. The molecule has 7 nitrogen and oxygen atoms in total. The lowest BCUT2D eigenvalue weighted by Crippen LogP contribution is -2.24. The minimum atomic E-state index is -2.72. The molecule has 0 saturated carbocycles. The number of benzene rings is 2. The highest BCUT2D eigenvalue weighted by Gasteiger charge is 2.34. The first-order valence-electron chi connectivity index (χ1n) is 11.0. The molecule has 3 heterocycles. The Morgan fingerprint density at radius 2 is 1.88 bits per heavy atom. The van der Waals surface area contributed by atoms with Crippen molar-refractivity contribution in [1.29, 1.82) is 0 Å². The van der Waals surface area contributed by atoms with E-state index in [1.165, 1.54) is 6.07 Å². The molecule has 0 amide bonds. The van der Waals surface area contributed by atoms with Crippen LogP contribution >= 0.6 is 7.14 Å². The number of halogens is 2. The van der Waals surface area contributed by atoms with Gasteiger partial charge in [-0.25, -0.2) is 13.6 Å². The van der Waals surface area contributed by atoms with Gasteiger partial charge in [0.25, 0.3) is 0 Å². The van der Waals surface area contributed by atoms with Crippen molar-refractivity contribution in [3.05, 3.63) is 70.1 Å². The van der Waals surface area contributed by atoms with Gasteiger partial charge in [0.05, 0.1) is 5.30 Å². The summed E-state index contributed by atoms with van der Waals surface area (Å²) < 4.78 is 54.8. The molecular formula is C24H24F2N3O4P. The van der Waals surface area contributed by atoms with Gasteiger partial charge >= 0.3 is 5.69 Å². The summed E-state index contributed by atoms with van der Waals surface area (Å²) in [6, 6.07) is 10.7. The lowest BCUT2D eigenvalue weighted by molar-refractivity contribution is 0.289. The molecule has 1 unspecified atom stereocenters. The summed E-state index contributed by atoms with van der Waals surface area (Å²) in [6.07, 6.45) is 2.10. The average Bonchev–Trinajstić information content (AvgIpc) is 3.37. The van der Waals surface area contributed by atoms with Crippen LogP contribution in [-0.2, 0) is 17.7 Å². The molecule has 2 aromatic carbocycles. The number of hydrogen-bond donors (Lipinski definition) is 0. The lowest BCUT2D eigenvalue weighted by Gasteiger charge is -2.17. The molecule has 2 aliphatic heterocycles. The number of fused-ring (bicyclic) bond motifs is 3. The largest absolute Gasteiger partial charge is 0.473 e. The molecule has 1 aromatic heterocycles. The van der Waals surface area contributed by atoms with Crippen molar-refractivity contribution in [3.63, 3.8) is 0 Å². The smallest absolute Gasteiger partial charge is 0.352 e. The Balaban J connectivity index is 1.35. The average molecular weight is 487 g/mol. The van der Waals surface area contributed by atoms with Gasteiger partial charge in [0.2, 0.25) is 5.88 Å². The SMILES string of the molecule is CP(C)(=O)c1ccccc1Oc1c(F)cc(COc2cc3n(c(=O)n2)CC2CCCN32)cc1F. The van der Waals surface area contributed by atoms with E-state index in [-0.39, 0.29) is 23.8 Å². The van der Waals surface area contributed by atoms with E-state index in [2.05, 4.69) is 9.88 Å². The molecule has 0 spiro atoms. The first-order chi connectivity index (χ1) is 16.2. The standard InChI is InChI=1S/C24H24F2N3O4P/c1-34(2,31)20-8-4-3-7-19(20)33-23-17(25)10-15(11-18(23)26)14-32-21-12-22-28-9-5-6-16(28)13-29(22)24(30)27-21/h3-4,7-8,10-12,16H,5-6,9,13-14H2,1-2H3. The predicted octanol–water partition coefficient (Wildman–Crippen LogP) is 4.12. The van der Waals surface area contributed by atoms with Gasteiger partial charge in [-0.1, -0.05) is 12.1 Å². The number of ether oxygens (including phenoxy) is 2. The normalized spacial score (nSPS) is 16.9. The first-order valence-corrected chi connectivity index (χ1v) is 13.6. The van der Waals surface area contributed by atoms with Crippen LogP contribution in [0.5, 0.6) is 17.4 Å². The van der Waals surface area contributed by atoms with Gasteiger partial charge in [0.15, 0.2) is 17.4 Å². The van der Waals surface area contributed by atoms with Crippen LogP contribution in [0, 0.1) is 11.6 Å². The summed E-state index contributed by atoms with van der Waals surface area (Å²) in [5.74, 6) is -1.41. The van der Waals surface area contributed by atoms with Crippen LogP contribution in [0.2, 0.25) is 0 Å². The molecule has 1 saturated heterocycles. The molecule has 0 radical (unpaired) electrons. The highest BCUT2D eigenvalue weighted by Crippen LogP contribution is 2.40. The quantitative estimate of drug-likeness (QED) is 0.487. The second-order valence-electron chi connectivity index (χ2n) is 8.93. The molecular weight excluding hydrogens is 463 g/mol. The molecule has 0 N–H and O–H groups in total. The zero-order chi connectivity index (χ0) is 24.0. The fraction of sp³-hybridized carbons (Fsp3) is 0.333. The van der Waals surface area contributed by atoms with E-state index in [0.29, 0.717) is 17.9 Å². The second kappa shape index (κ2) is 8.55. The summed E-state index contributed by atoms with van der Waals surface area (Å²) in [6.45, 7) is 4.44. The van der Waals surface area contributed by atoms with Crippen molar-refractivity contribution in [2.75, 3.05) is 24.8 Å². The number of aromatic nitrogens is 2. The summed E-state index contributed by atoms with van der Waals surface area (Å²) in [4.78, 5) is 18.5. The summed E-state index contributed by atoms with van der Waals surface area (Å²) in [5.41, 5.74) is -0.181. The Morgan fingerprint density at radius 3 is 2.62 bits per heavy atom. The maximum atomic E-state index is 14.8. The predicted molar refractivity (Wildman–Crippen MR) is 125 cm³/mol. The lowest BCUT2D eigenvalue weighted by atomic mass is 10.2. The Hall–Kier alpha value is -3.19. The summed E-state index contributed by atoms with van der Waals surface area (Å²) >= 11 is 0. The Bertz CT molecular complexity index is 1350. The van der Waals surface area contributed by atoms with E-state index < -0.39 is 30.2 Å². The van der Waals surface area contributed by atoms with Crippen molar-refractivity contribution in [1.82, 2.24) is 9.55 Å². The second-order valence-corrected chi connectivity index (χ2v) is 12.1. The fourth-order valence-electron chi connectivity index (χ4n) is 4.54. The summed E-state index contributed by atoms with van der Waals surface area (Å²) in [7, 11) is -2.72. The molecule has 3 aromatic rings. The highest BCUT2D eigenvalue weighted by atomic mass is 31.2. The minimum Gasteiger partial charge on any atom is -0.473 e. The maximum Gasteiger partial charge on any atom is 0.352 e. The van der Waals surface area contributed by atoms with E-state index in [4.69, 9.17) is 9.47 Å². The van der Waals surface area contributed by atoms with E-state index in [0.717, 1.165) is 37.3 Å². The van der Waals surface area contributed by atoms with Crippen molar-refractivity contribution in [3.8, 4) is 17.4 Å². The zero-order valence-corrected chi connectivity index (χ0v) is 19.7. The van der Waals surface area contributed by atoms with Gasteiger partial charge in [-0.3, -0.25) is 4.57 Å². The van der Waals surface area contributed by atoms with Crippen LogP contribution < -0.4 is 25.4 Å². The third-order valence-electron chi connectivity index (χ3n) is 6.13. The molecule has 5 rings (SSSR count). The van der Waals surface area contributed by atoms with Crippen molar-refractivity contribution in [2.45, 2.75) is 32.0 Å². The van der Waals surface area contributed by atoms with Gasteiger partial charge in [0, 0.05) is 25.2 Å². The van der Waals surface area contributed by atoms with Crippen molar-refractivity contribution < 1.29 is 22.8 Å². The number of para-hydroxylation sites is 1. The molecule has 2 aliphatic rings. The van der Waals surface area contributed by atoms with Crippen LogP contribution in [0.15, 0.2) is 47.3 Å². The Labute approximate surface area is 195 Å². The molecule has 1 atom stereocenters. The van der Waals surface area contributed by atoms with Crippen LogP contribution in [0.1, 0.15) is 18.4 Å². The minimum absolute atomic E-state index is 0.112. The van der Waals surface area contributed by atoms with Crippen LogP contribution in [-0.4, -0.2) is 35.5 Å². The number of hydrogen-bond acceptors (Lipinski definition) is 6. The molecule has 178 valence electrons. The van der Waals surface area contributed by atoms with Crippen molar-refractivity contribution in [2.24, 2.45) is 0 Å². The van der Waals surface area contributed by atoms with Gasteiger partial charge in [-0.15, -0.1) is 0 Å². The van der Waals surface area contributed by atoms with E-state index in [1.807, 2.05) is 0 Å². The molecule has 10 heteroatoms. The topological polar surface area (TPSA) is 73.7 Å². The first kappa shape index (κ1) is 22.6. The third-order valence-corrected chi connectivity index (χ3v) is 7.66. The van der Waals surface area contributed by atoms with Gasteiger partial charge in [-0.2, -0.15) is 4.98 Å². The van der Waals surface area contributed by atoms with Gasteiger partial charge in [0.1, 0.15) is 25.3 Å². The third kappa shape index (κ3) is 4.20. The van der Waals surface area contributed by atoms with E-state index in [1.54, 1.807) is 42.2 Å². The zero-order valence-electron chi connectivity index (χ0n) is 18.8. The Kier molecular flexibility index (Phi) is 5.68. The van der Waals surface area contributed by atoms with E-state index in [9.17, 15) is 18.1 Å². The monoisotopic (exact) mass is 487 g/mol. The molecule has 34 heavy (non-hydrogen) atoms. The number of anilines is 1. The van der Waals surface area contributed by atoms with Crippen LogP contribution in [0.4, 0.5) is 14.6 Å². The number of rotatable bonds is 6. The summed E-state index contributed by atoms with van der Waals surface area (Å²) in [5, 5.41) is 0.399. The molecule has 1 fully saturated rings. The number of nitrogens with zero attached hydrogens (tertiary/aromatic N) is 3. The van der Waals surface area contributed by atoms with Crippen LogP contribution in [0.3, 0.4) is 0 Å². The molecule has 0 bridgehead atoms. The van der Waals surface area contributed by atoms with Gasteiger partial charge in [-0.05, 0) is 56.0 Å². The fourth-order valence-corrected chi connectivity index (χ4v) is 5.64. The molecule has 0 aliphatic carbocycles. The van der Waals surface area contributed by atoms with Crippen LogP contribution in [0.25, 0.3) is 0 Å². The highest BCUT2D eigenvalue weighted by molar-refractivity contribution is 7.70. The van der Waals surface area contributed by atoms with E-state index >= 15 is 0 Å². The van der Waals surface area contributed by atoms with Gasteiger partial charge < -0.3 is 18.9 Å².